The Balaban J connectivity index is 2.24. The smallest absolute Gasteiger partial charge is 0.0784 e. The molecule has 0 aliphatic carbocycles. The van der Waals surface area contributed by atoms with Crippen LogP contribution in [0.1, 0.15) is 37.9 Å². The lowest BCUT2D eigenvalue weighted by Gasteiger charge is -2.23. The summed E-state index contributed by atoms with van der Waals surface area (Å²) in [6.45, 7) is 11.9. The quantitative estimate of drug-likeness (QED) is 0.762. The van der Waals surface area contributed by atoms with Crippen LogP contribution in [-0.2, 0) is 24.9 Å². The van der Waals surface area contributed by atoms with Gasteiger partial charge in [-0.1, -0.05) is 26.8 Å². The van der Waals surface area contributed by atoms with Crippen LogP contribution in [0.25, 0.3) is 0 Å². The molecule has 3 nitrogen and oxygen atoms in total. The zero-order valence-electron chi connectivity index (χ0n) is 12.6. The molecule has 2 rings (SSSR count). The molecule has 0 spiro atoms. The van der Waals surface area contributed by atoms with Gasteiger partial charge in [-0.25, -0.2) is 0 Å². The average molecular weight is 269 g/mol. The second-order valence-corrected chi connectivity index (χ2v) is 6.06. The van der Waals surface area contributed by atoms with Gasteiger partial charge in [0.05, 0.1) is 6.54 Å². The summed E-state index contributed by atoms with van der Waals surface area (Å²) in [5, 5.41) is 0. The number of rotatable bonds is 5. The highest BCUT2D eigenvalue weighted by atomic mass is 15.0. The van der Waals surface area contributed by atoms with E-state index in [-0.39, 0.29) is 5.41 Å². The molecule has 0 aliphatic heterocycles. The van der Waals surface area contributed by atoms with E-state index in [0.717, 1.165) is 18.7 Å². The van der Waals surface area contributed by atoms with Crippen molar-refractivity contribution in [2.45, 2.75) is 45.7 Å². The summed E-state index contributed by atoms with van der Waals surface area (Å²) in [6.07, 6.45) is 2.78. The Labute approximate surface area is 121 Å². The monoisotopic (exact) mass is 269 g/mol. The van der Waals surface area contributed by atoms with Crippen molar-refractivity contribution in [2.24, 2.45) is 4.99 Å². The highest BCUT2D eigenvalue weighted by molar-refractivity contribution is 5.27. The summed E-state index contributed by atoms with van der Waals surface area (Å²) < 4.78 is 2.36. The maximum atomic E-state index is 4.40. The van der Waals surface area contributed by atoms with Crippen LogP contribution >= 0.6 is 0 Å². The molecule has 2 aromatic rings. The van der Waals surface area contributed by atoms with Crippen molar-refractivity contribution in [3.63, 3.8) is 0 Å². The number of aryl methyl sites for hydroxylation is 1. The molecule has 0 saturated carbocycles. The Morgan fingerprint density at radius 3 is 2.60 bits per heavy atom. The van der Waals surface area contributed by atoms with Crippen LogP contribution in [-0.4, -0.2) is 16.3 Å². The van der Waals surface area contributed by atoms with Crippen LogP contribution in [0.3, 0.4) is 0 Å². The van der Waals surface area contributed by atoms with E-state index in [0.29, 0.717) is 6.54 Å². The lowest BCUT2D eigenvalue weighted by molar-refractivity contribution is 0.506. The Morgan fingerprint density at radius 1 is 1.20 bits per heavy atom. The normalized spacial score (nSPS) is 11.6. The molecule has 0 radical (unpaired) electrons. The van der Waals surface area contributed by atoms with Gasteiger partial charge in [-0.3, -0.25) is 9.98 Å². The Hall–Kier alpha value is -1.90. The number of hydrogen-bond acceptors (Lipinski definition) is 2. The molecule has 0 atom stereocenters. The molecule has 106 valence electrons. The van der Waals surface area contributed by atoms with Gasteiger partial charge in [0.2, 0.25) is 0 Å². The fraction of sp³-hybridized carbons (Fsp3) is 0.412. The predicted molar refractivity (Wildman–Crippen MR) is 84.3 cm³/mol. The Morgan fingerprint density at radius 2 is 2.00 bits per heavy atom. The fourth-order valence-electron chi connectivity index (χ4n) is 2.45. The maximum absolute atomic E-state index is 4.40. The largest absolute Gasteiger partial charge is 0.346 e. The van der Waals surface area contributed by atoms with Gasteiger partial charge in [0.1, 0.15) is 0 Å². The van der Waals surface area contributed by atoms with Crippen LogP contribution in [0.5, 0.6) is 0 Å². The minimum absolute atomic E-state index is 0.129. The lowest BCUT2D eigenvalue weighted by atomic mass is 9.92. The second-order valence-electron chi connectivity index (χ2n) is 6.06. The molecule has 0 fully saturated rings. The van der Waals surface area contributed by atoms with Gasteiger partial charge in [0, 0.05) is 41.7 Å². The van der Waals surface area contributed by atoms with E-state index in [4.69, 9.17) is 0 Å². The zero-order valence-corrected chi connectivity index (χ0v) is 12.6. The van der Waals surface area contributed by atoms with E-state index >= 15 is 0 Å². The number of aromatic nitrogens is 2. The first-order valence-corrected chi connectivity index (χ1v) is 7.03. The van der Waals surface area contributed by atoms with Crippen LogP contribution in [0.4, 0.5) is 0 Å². The van der Waals surface area contributed by atoms with E-state index in [9.17, 15) is 0 Å². The summed E-state index contributed by atoms with van der Waals surface area (Å²) in [5.41, 5.74) is 3.82. The van der Waals surface area contributed by atoms with E-state index in [1.165, 1.54) is 11.4 Å². The lowest BCUT2D eigenvalue weighted by Crippen LogP contribution is -2.20. The summed E-state index contributed by atoms with van der Waals surface area (Å²) in [4.78, 5) is 8.43. The van der Waals surface area contributed by atoms with Gasteiger partial charge < -0.3 is 4.57 Å². The molecule has 2 aromatic heterocycles. The van der Waals surface area contributed by atoms with Crippen LogP contribution in [0, 0.1) is 0 Å². The Bertz CT molecular complexity index is 562. The summed E-state index contributed by atoms with van der Waals surface area (Å²) in [7, 11) is 0. The molecular formula is C17H23N3. The Kier molecular flexibility index (Phi) is 4.38. The van der Waals surface area contributed by atoms with E-state index in [1.54, 1.807) is 0 Å². The summed E-state index contributed by atoms with van der Waals surface area (Å²) in [5.74, 6) is 0. The average Bonchev–Trinajstić information content (AvgIpc) is 2.81. The number of nitrogens with zero attached hydrogens (tertiary/aromatic N) is 3. The van der Waals surface area contributed by atoms with E-state index in [1.807, 2.05) is 18.3 Å². The zero-order chi connectivity index (χ0) is 14.6. The molecule has 20 heavy (non-hydrogen) atoms. The first-order chi connectivity index (χ1) is 9.52. The van der Waals surface area contributed by atoms with Crippen LogP contribution < -0.4 is 0 Å². The van der Waals surface area contributed by atoms with Crippen molar-refractivity contribution in [1.29, 1.82) is 0 Å². The van der Waals surface area contributed by atoms with Crippen LogP contribution in [0.2, 0.25) is 0 Å². The molecule has 3 heteroatoms. The summed E-state index contributed by atoms with van der Waals surface area (Å²) >= 11 is 0. The van der Waals surface area contributed by atoms with Gasteiger partial charge in [0.25, 0.3) is 0 Å². The SMILES string of the molecule is C=NCc1ccc(C(C)(C)C)n1CCc1ccccn1. The molecule has 0 bridgehead atoms. The number of pyridine rings is 1. The standard InChI is InChI=1S/C17H23N3/c1-17(2,3)16-9-8-15(13-18-4)20(16)12-10-14-7-5-6-11-19-14/h5-9,11H,4,10,12-13H2,1-3H3. The third-order valence-electron chi connectivity index (χ3n) is 3.43. The van der Waals surface area contributed by atoms with E-state index in [2.05, 4.69) is 60.2 Å². The fourth-order valence-corrected chi connectivity index (χ4v) is 2.45. The first kappa shape index (κ1) is 14.5. The third kappa shape index (κ3) is 3.35. The van der Waals surface area contributed by atoms with Gasteiger partial charge >= 0.3 is 0 Å². The number of aliphatic imine (C=N–C) groups is 1. The van der Waals surface area contributed by atoms with Gasteiger partial charge in [-0.15, -0.1) is 0 Å². The van der Waals surface area contributed by atoms with Gasteiger partial charge in [0.15, 0.2) is 0 Å². The number of hydrogen-bond donors (Lipinski definition) is 0. The molecule has 0 aliphatic rings. The highest BCUT2D eigenvalue weighted by Crippen LogP contribution is 2.25. The minimum atomic E-state index is 0.129. The topological polar surface area (TPSA) is 30.2 Å². The van der Waals surface area contributed by atoms with Crippen molar-refractivity contribution >= 4 is 6.72 Å². The second kappa shape index (κ2) is 6.04. The van der Waals surface area contributed by atoms with Crippen molar-refractivity contribution in [2.75, 3.05) is 0 Å². The first-order valence-electron chi connectivity index (χ1n) is 7.03. The molecule has 0 N–H and O–H groups in total. The summed E-state index contributed by atoms with van der Waals surface area (Å²) in [6, 6.07) is 10.4. The van der Waals surface area contributed by atoms with E-state index < -0.39 is 0 Å². The molecular weight excluding hydrogens is 246 g/mol. The molecule has 0 saturated heterocycles. The van der Waals surface area contributed by atoms with Crippen LogP contribution in [0.15, 0.2) is 41.5 Å². The minimum Gasteiger partial charge on any atom is -0.346 e. The predicted octanol–water partition coefficient (Wildman–Crippen LogP) is 3.62. The molecule has 2 heterocycles. The van der Waals surface area contributed by atoms with Gasteiger partial charge in [-0.05, 0) is 31.0 Å². The van der Waals surface area contributed by atoms with Gasteiger partial charge in [-0.2, -0.15) is 0 Å². The molecule has 0 unspecified atom stereocenters. The van der Waals surface area contributed by atoms with Crippen molar-refractivity contribution in [1.82, 2.24) is 9.55 Å². The van der Waals surface area contributed by atoms with Crippen molar-refractivity contribution < 1.29 is 0 Å². The van der Waals surface area contributed by atoms with Crippen molar-refractivity contribution in [3.8, 4) is 0 Å². The highest BCUT2D eigenvalue weighted by Gasteiger charge is 2.20. The third-order valence-corrected chi connectivity index (χ3v) is 3.43. The molecule has 0 amide bonds. The molecule has 0 aromatic carbocycles. The van der Waals surface area contributed by atoms with Crippen molar-refractivity contribution in [3.05, 3.63) is 53.6 Å². The maximum Gasteiger partial charge on any atom is 0.0784 e.